The smallest absolute Gasteiger partial charge is 0.107 e. The molecule has 1 N–H and O–H groups in total. The maximum Gasteiger partial charge on any atom is 0.107 e. The van der Waals surface area contributed by atoms with Gasteiger partial charge < -0.3 is 5.32 Å². The summed E-state index contributed by atoms with van der Waals surface area (Å²) in [5.74, 6) is 0.936. The highest BCUT2D eigenvalue weighted by Crippen LogP contribution is 2.37. The van der Waals surface area contributed by atoms with E-state index in [-0.39, 0.29) is 0 Å². The van der Waals surface area contributed by atoms with Crippen LogP contribution in [0.3, 0.4) is 0 Å². The molecule has 2 heterocycles. The van der Waals surface area contributed by atoms with Gasteiger partial charge in [0.1, 0.15) is 5.01 Å². The minimum atomic E-state index is 0.330. The van der Waals surface area contributed by atoms with Gasteiger partial charge in [-0.1, -0.05) is 13.8 Å². The zero-order valence-corrected chi connectivity index (χ0v) is 12.9. The Morgan fingerprint density at radius 3 is 2.79 bits per heavy atom. The Balaban J connectivity index is 1.75. The fourth-order valence-corrected chi connectivity index (χ4v) is 4.05. The minimum Gasteiger partial charge on any atom is -0.311 e. The van der Waals surface area contributed by atoms with Crippen LogP contribution in [0.5, 0.6) is 0 Å². The predicted molar refractivity (Wildman–Crippen MR) is 80.4 cm³/mol. The van der Waals surface area contributed by atoms with Gasteiger partial charge in [0.15, 0.2) is 0 Å². The van der Waals surface area contributed by atoms with Gasteiger partial charge in [-0.05, 0) is 31.6 Å². The van der Waals surface area contributed by atoms with Crippen molar-refractivity contribution in [3.8, 4) is 0 Å². The van der Waals surface area contributed by atoms with Crippen LogP contribution in [-0.2, 0) is 6.54 Å². The van der Waals surface area contributed by atoms with Gasteiger partial charge in [-0.25, -0.2) is 4.98 Å². The molecule has 2 aliphatic rings. The zero-order valence-electron chi connectivity index (χ0n) is 12.1. The number of nitrogens with one attached hydrogen (secondary N) is 1. The van der Waals surface area contributed by atoms with Gasteiger partial charge in [0.2, 0.25) is 0 Å². The maximum absolute atomic E-state index is 4.49. The molecule has 1 unspecified atom stereocenters. The molecule has 1 aliphatic heterocycles. The largest absolute Gasteiger partial charge is 0.311 e. The predicted octanol–water partition coefficient (Wildman–Crippen LogP) is 2.89. The molecule has 0 radical (unpaired) electrons. The Labute approximate surface area is 120 Å². The maximum atomic E-state index is 4.49. The summed E-state index contributed by atoms with van der Waals surface area (Å²) in [7, 11) is 0. The van der Waals surface area contributed by atoms with Crippen LogP contribution in [0.25, 0.3) is 0 Å². The molecular formula is C15H25N3S. The van der Waals surface area contributed by atoms with E-state index in [1.807, 2.05) is 6.20 Å². The summed E-state index contributed by atoms with van der Waals surface area (Å²) in [6.45, 7) is 8.04. The van der Waals surface area contributed by atoms with Gasteiger partial charge in [-0.3, -0.25) is 4.90 Å². The third-order valence-electron chi connectivity index (χ3n) is 5.10. The molecule has 0 amide bonds. The molecule has 2 fully saturated rings. The first kappa shape index (κ1) is 13.5. The van der Waals surface area contributed by atoms with Crippen molar-refractivity contribution >= 4 is 11.3 Å². The van der Waals surface area contributed by atoms with Crippen LogP contribution >= 0.6 is 11.3 Å². The van der Waals surface area contributed by atoms with Crippen LogP contribution in [0.4, 0.5) is 0 Å². The van der Waals surface area contributed by atoms with Gasteiger partial charge in [0, 0.05) is 36.2 Å². The van der Waals surface area contributed by atoms with Crippen molar-refractivity contribution < 1.29 is 0 Å². The topological polar surface area (TPSA) is 28.2 Å². The Kier molecular flexibility index (Phi) is 3.92. The SMILES string of the molecule is CCC1(CC)CNC(C2CC2)CN1Cc1nccs1. The van der Waals surface area contributed by atoms with Crippen molar-refractivity contribution in [2.24, 2.45) is 5.92 Å². The standard InChI is InChI=1S/C15H25N3S/c1-3-15(4-2)11-17-13(12-5-6-12)9-18(15)10-14-16-7-8-19-14/h7-8,12-13,17H,3-6,9-11H2,1-2H3. The van der Waals surface area contributed by atoms with Gasteiger partial charge in [-0.15, -0.1) is 11.3 Å². The van der Waals surface area contributed by atoms with E-state index in [1.54, 1.807) is 11.3 Å². The van der Waals surface area contributed by atoms with E-state index < -0.39 is 0 Å². The molecule has 1 aliphatic carbocycles. The third-order valence-corrected chi connectivity index (χ3v) is 5.86. The number of hydrogen-bond donors (Lipinski definition) is 1. The van der Waals surface area contributed by atoms with E-state index in [0.717, 1.165) is 19.0 Å². The third kappa shape index (κ3) is 2.71. The van der Waals surface area contributed by atoms with Crippen LogP contribution < -0.4 is 5.32 Å². The van der Waals surface area contributed by atoms with Crippen molar-refractivity contribution in [3.05, 3.63) is 16.6 Å². The summed E-state index contributed by atoms with van der Waals surface area (Å²) in [5, 5.41) is 7.18. The van der Waals surface area contributed by atoms with Crippen molar-refractivity contribution in [1.82, 2.24) is 15.2 Å². The second-order valence-electron chi connectivity index (χ2n) is 6.06. The molecule has 1 aromatic rings. The lowest BCUT2D eigenvalue weighted by Crippen LogP contribution is -2.64. The summed E-state index contributed by atoms with van der Waals surface area (Å²) in [6.07, 6.45) is 7.22. The average Bonchev–Trinajstić information content (AvgIpc) is 3.17. The van der Waals surface area contributed by atoms with E-state index in [9.17, 15) is 0 Å². The van der Waals surface area contributed by atoms with Gasteiger partial charge in [0.25, 0.3) is 0 Å². The minimum absolute atomic E-state index is 0.330. The van der Waals surface area contributed by atoms with Gasteiger partial charge >= 0.3 is 0 Å². The fourth-order valence-electron chi connectivity index (χ4n) is 3.42. The number of hydrogen-bond acceptors (Lipinski definition) is 4. The van der Waals surface area contributed by atoms with Crippen LogP contribution in [0.2, 0.25) is 0 Å². The first-order valence-corrected chi connectivity index (χ1v) is 8.52. The highest BCUT2D eigenvalue weighted by atomic mass is 32.1. The molecule has 3 nitrogen and oxygen atoms in total. The normalized spacial score (nSPS) is 27.6. The molecule has 3 rings (SSSR count). The van der Waals surface area contributed by atoms with Gasteiger partial charge in [0.05, 0.1) is 6.54 Å². The number of piperazine rings is 1. The summed E-state index contributed by atoms with van der Waals surface area (Å²) >= 11 is 1.79. The van der Waals surface area contributed by atoms with Crippen molar-refractivity contribution in [3.63, 3.8) is 0 Å². The second-order valence-corrected chi connectivity index (χ2v) is 7.04. The summed E-state index contributed by atoms with van der Waals surface area (Å²) in [5.41, 5.74) is 0.330. The van der Waals surface area contributed by atoms with E-state index in [2.05, 4.69) is 34.4 Å². The Morgan fingerprint density at radius 2 is 2.21 bits per heavy atom. The van der Waals surface area contributed by atoms with Crippen molar-refractivity contribution in [2.45, 2.75) is 57.7 Å². The average molecular weight is 279 g/mol. The molecule has 1 saturated heterocycles. The number of rotatable bonds is 5. The van der Waals surface area contributed by atoms with E-state index in [0.29, 0.717) is 11.6 Å². The molecule has 0 aromatic carbocycles. The van der Waals surface area contributed by atoms with E-state index in [1.165, 1.54) is 37.2 Å². The molecule has 1 saturated carbocycles. The van der Waals surface area contributed by atoms with Crippen LogP contribution in [-0.4, -0.2) is 34.6 Å². The molecular weight excluding hydrogens is 254 g/mol. The number of aromatic nitrogens is 1. The van der Waals surface area contributed by atoms with Gasteiger partial charge in [-0.2, -0.15) is 0 Å². The van der Waals surface area contributed by atoms with Crippen molar-refractivity contribution in [2.75, 3.05) is 13.1 Å². The molecule has 106 valence electrons. The highest BCUT2D eigenvalue weighted by Gasteiger charge is 2.43. The lowest BCUT2D eigenvalue weighted by atomic mass is 9.86. The second kappa shape index (κ2) is 5.51. The lowest BCUT2D eigenvalue weighted by Gasteiger charge is -2.49. The first-order valence-electron chi connectivity index (χ1n) is 7.64. The Hall–Kier alpha value is -0.450. The quantitative estimate of drug-likeness (QED) is 0.898. The van der Waals surface area contributed by atoms with Crippen LogP contribution in [0.1, 0.15) is 44.5 Å². The summed E-state index contributed by atoms with van der Waals surface area (Å²) in [6, 6.07) is 0.714. The van der Waals surface area contributed by atoms with E-state index >= 15 is 0 Å². The molecule has 1 atom stereocenters. The molecule has 1 aromatic heterocycles. The number of nitrogens with zero attached hydrogens (tertiary/aromatic N) is 2. The monoisotopic (exact) mass is 279 g/mol. The summed E-state index contributed by atoms with van der Waals surface area (Å²) in [4.78, 5) is 7.20. The summed E-state index contributed by atoms with van der Waals surface area (Å²) < 4.78 is 0. The lowest BCUT2D eigenvalue weighted by molar-refractivity contribution is 0.0202. The van der Waals surface area contributed by atoms with Crippen LogP contribution in [0.15, 0.2) is 11.6 Å². The van der Waals surface area contributed by atoms with Crippen molar-refractivity contribution in [1.29, 1.82) is 0 Å². The van der Waals surface area contributed by atoms with E-state index in [4.69, 9.17) is 0 Å². The highest BCUT2D eigenvalue weighted by molar-refractivity contribution is 7.09. The zero-order chi connectivity index (χ0) is 13.3. The molecule has 19 heavy (non-hydrogen) atoms. The molecule has 0 spiro atoms. The molecule has 0 bridgehead atoms. The molecule has 4 heteroatoms. The fraction of sp³-hybridized carbons (Fsp3) is 0.800. The number of thiazole rings is 1. The first-order chi connectivity index (χ1) is 9.27. The Morgan fingerprint density at radius 1 is 1.42 bits per heavy atom. The van der Waals surface area contributed by atoms with Crippen LogP contribution in [0, 0.1) is 5.92 Å². The Bertz CT molecular complexity index is 396.